The highest BCUT2D eigenvalue weighted by molar-refractivity contribution is 7.15. The summed E-state index contributed by atoms with van der Waals surface area (Å²) in [6.45, 7) is 3.41. The number of nitrogens with one attached hydrogen (secondary N) is 1. The Bertz CT molecular complexity index is 686. The first-order valence-electron chi connectivity index (χ1n) is 7.44. The van der Waals surface area contributed by atoms with Gasteiger partial charge in [-0.25, -0.2) is 4.98 Å². The predicted octanol–water partition coefficient (Wildman–Crippen LogP) is 4.10. The Kier molecular flexibility index (Phi) is 4.64. The van der Waals surface area contributed by atoms with Crippen molar-refractivity contribution in [2.75, 3.05) is 16.8 Å². The molecular weight excluding hydrogens is 318 g/mol. The Morgan fingerprint density at radius 3 is 3.09 bits per heavy atom. The lowest BCUT2D eigenvalue weighted by molar-refractivity contribution is -0.118. The van der Waals surface area contributed by atoms with Gasteiger partial charge >= 0.3 is 0 Å². The van der Waals surface area contributed by atoms with Gasteiger partial charge < -0.3 is 10.2 Å². The third kappa shape index (κ3) is 3.25. The molecule has 0 fully saturated rings. The lowest BCUT2D eigenvalue weighted by Gasteiger charge is -2.30. The maximum atomic E-state index is 12.1. The molecule has 1 aromatic heterocycles. The molecule has 4 nitrogen and oxygen atoms in total. The van der Waals surface area contributed by atoms with Gasteiger partial charge in [0.25, 0.3) is 0 Å². The van der Waals surface area contributed by atoms with Crippen molar-refractivity contribution in [3.63, 3.8) is 0 Å². The highest BCUT2D eigenvalue weighted by atomic mass is 35.5. The van der Waals surface area contributed by atoms with E-state index in [2.05, 4.69) is 28.5 Å². The standard InChI is InChI=1S/C16H18ClN3OS/c1-2-15(21)20-7-3-4-11-5-6-12(8-14(11)20)18-9-13-10-19-16(17)22-13/h5-6,8,10,18H,2-4,7,9H2,1H3. The van der Waals surface area contributed by atoms with Crippen LogP contribution in [-0.2, 0) is 17.8 Å². The van der Waals surface area contributed by atoms with Gasteiger partial charge in [-0.15, -0.1) is 11.3 Å². The van der Waals surface area contributed by atoms with Crippen molar-refractivity contribution in [1.29, 1.82) is 0 Å². The van der Waals surface area contributed by atoms with Crippen LogP contribution in [0, 0.1) is 0 Å². The molecule has 1 N–H and O–H groups in total. The normalized spacial score (nSPS) is 13.8. The first-order valence-corrected chi connectivity index (χ1v) is 8.64. The molecule has 2 heterocycles. The number of fused-ring (bicyclic) bond motifs is 1. The minimum atomic E-state index is 0.187. The number of hydrogen-bond acceptors (Lipinski definition) is 4. The van der Waals surface area contributed by atoms with Crippen molar-refractivity contribution in [3.8, 4) is 0 Å². The summed E-state index contributed by atoms with van der Waals surface area (Å²) in [5.41, 5.74) is 3.31. The molecular formula is C16H18ClN3OS. The van der Waals surface area contributed by atoms with E-state index >= 15 is 0 Å². The first-order chi connectivity index (χ1) is 10.7. The zero-order valence-electron chi connectivity index (χ0n) is 12.4. The highest BCUT2D eigenvalue weighted by Gasteiger charge is 2.21. The van der Waals surface area contributed by atoms with Crippen molar-refractivity contribution >= 4 is 40.2 Å². The number of anilines is 2. The lowest BCUT2D eigenvalue weighted by Crippen LogP contribution is -2.34. The van der Waals surface area contributed by atoms with E-state index in [0.29, 0.717) is 17.4 Å². The maximum absolute atomic E-state index is 12.1. The largest absolute Gasteiger partial charge is 0.380 e. The van der Waals surface area contributed by atoms with Gasteiger partial charge in [0.05, 0.1) is 6.54 Å². The summed E-state index contributed by atoms with van der Waals surface area (Å²) in [5.74, 6) is 0.187. The van der Waals surface area contributed by atoms with Crippen LogP contribution in [0.5, 0.6) is 0 Å². The SMILES string of the molecule is CCC(=O)N1CCCc2ccc(NCc3cnc(Cl)s3)cc21. The number of benzene rings is 1. The van der Waals surface area contributed by atoms with Gasteiger partial charge in [-0.2, -0.15) is 0 Å². The van der Waals surface area contributed by atoms with E-state index in [1.54, 1.807) is 6.20 Å². The summed E-state index contributed by atoms with van der Waals surface area (Å²) in [4.78, 5) is 19.1. The van der Waals surface area contributed by atoms with Crippen LogP contribution in [0.25, 0.3) is 0 Å². The quantitative estimate of drug-likeness (QED) is 0.915. The molecule has 0 radical (unpaired) electrons. The molecule has 2 aromatic rings. The van der Waals surface area contributed by atoms with Gasteiger partial charge in [0.2, 0.25) is 5.91 Å². The maximum Gasteiger partial charge on any atom is 0.226 e. The van der Waals surface area contributed by atoms with Gasteiger partial charge in [0.15, 0.2) is 4.47 Å². The number of nitrogens with zero attached hydrogens (tertiary/aromatic N) is 2. The summed E-state index contributed by atoms with van der Waals surface area (Å²) in [6.07, 6.45) is 4.39. The first kappa shape index (κ1) is 15.3. The molecule has 0 spiro atoms. The van der Waals surface area contributed by atoms with Crippen molar-refractivity contribution < 1.29 is 4.79 Å². The fourth-order valence-corrected chi connectivity index (χ4v) is 3.61. The fourth-order valence-electron chi connectivity index (χ4n) is 2.69. The van der Waals surface area contributed by atoms with Crippen LogP contribution in [0.15, 0.2) is 24.4 Å². The second kappa shape index (κ2) is 6.67. The molecule has 0 bridgehead atoms. The van der Waals surface area contributed by atoms with E-state index < -0.39 is 0 Å². The summed E-state index contributed by atoms with van der Waals surface area (Å²) in [5, 5.41) is 3.38. The third-order valence-electron chi connectivity index (χ3n) is 3.80. The zero-order chi connectivity index (χ0) is 15.5. The van der Waals surface area contributed by atoms with Crippen LogP contribution in [0.1, 0.15) is 30.2 Å². The van der Waals surface area contributed by atoms with Crippen molar-refractivity contribution in [2.24, 2.45) is 0 Å². The number of hydrogen-bond donors (Lipinski definition) is 1. The summed E-state index contributed by atoms with van der Waals surface area (Å²) < 4.78 is 0.557. The molecule has 0 saturated heterocycles. The average molecular weight is 336 g/mol. The topological polar surface area (TPSA) is 45.2 Å². The van der Waals surface area contributed by atoms with Crippen molar-refractivity contribution in [1.82, 2.24) is 4.98 Å². The molecule has 22 heavy (non-hydrogen) atoms. The number of aromatic nitrogens is 1. The fraction of sp³-hybridized carbons (Fsp3) is 0.375. The lowest BCUT2D eigenvalue weighted by atomic mass is 10.0. The van der Waals surface area contributed by atoms with Gasteiger partial charge in [-0.3, -0.25) is 4.79 Å². The Hall–Kier alpha value is -1.59. The second-order valence-electron chi connectivity index (χ2n) is 5.28. The van der Waals surface area contributed by atoms with E-state index in [0.717, 1.165) is 35.6 Å². The smallest absolute Gasteiger partial charge is 0.226 e. The van der Waals surface area contributed by atoms with Crippen molar-refractivity contribution in [3.05, 3.63) is 39.3 Å². The number of aryl methyl sites for hydroxylation is 1. The van der Waals surface area contributed by atoms with E-state index in [4.69, 9.17) is 11.6 Å². The summed E-state index contributed by atoms with van der Waals surface area (Å²) >= 11 is 7.31. The van der Waals surface area contributed by atoms with Crippen molar-refractivity contribution in [2.45, 2.75) is 32.7 Å². The number of carbonyl (C=O) groups is 1. The Morgan fingerprint density at radius 1 is 1.50 bits per heavy atom. The molecule has 0 atom stereocenters. The van der Waals surface area contributed by atoms with Gasteiger partial charge in [-0.1, -0.05) is 24.6 Å². The van der Waals surface area contributed by atoms with Crippen LogP contribution in [0.2, 0.25) is 4.47 Å². The highest BCUT2D eigenvalue weighted by Crippen LogP contribution is 2.31. The third-order valence-corrected chi connectivity index (χ3v) is 4.91. The number of rotatable bonds is 4. The second-order valence-corrected chi connectivity index (χ2v) is 6.98. The van der Waals surface area contributed by atoms with E-state index in [-0.39, 0.29) is 5.91 Å². The molecule has 0 saturated carbocycles. The number of amides is 1. The molecule has 3 rings (SSSR count). The Balaban J connectivity index is 1.78. The van der Waals surface area contributed by atoms with Crippen LogP contribution in [-0.4, -0.2) is 17.4 Å². The molecule has 116 valence electrons. The number of carbonyl (C=O) groups excluding carboxylic acids is 1. The molecule has 1 aliphatic rings. The van der Waals surface area contributed by atoms with Gasteiger partial charge in [0, 0.05) is 35.4 Å². The van der Waals surface area contributed by atoms with Crippen LogP contribution >= 0.6 is 22.9 Å². The number of thiazole rings is 1. The molecule has 1 aromatic carbocycles. The number of halogens is 1. The molecule has 6 heteroatoms. The van der Waals surface area contributed by atoms with E-state index in [1.807, 2.05) is 11.8 Å². The Morgan fingerprint density at radius 2 is 2.36 bits per heavy atom. The van der Waals surface area contributed by atoms with E-state index in [1.165, 1.54) is 16.9 Å². The summed E-state index contributed by atoms with van der Waals surface area (Å²) in [6, 6.07) is 6.26. The van der Waals surface area contributed by atoms with Gasteiger partial charge in [-0.05, 0) is 30.5 Å². The van der Waals surface area contributed by atoms with Gasteiger partial charge in [0.1, 0.15) is 0 Å². The molecule has 1 aliphatic heterocycles. The molecule has 0 aliphatic carbocycles. The average Bonchev–Trinajstić information content (AvgIpc) is 2.97. The van der Waals surface area contributed by atoms with E-state index in [9.17, 15) is 4.79 Å². The minimum Gasteiger partial charge on any atom is -0.380 e. The zero-order valence-corrected chi connectivity index (χ0v) is 14.0. The van der Waals surface area contributed by atoms with Crippen LogP contribution < -0.4 is 10.2 Å². The molecule has 0 unspecified atom stereocenters. The predicted molar refractivity (Wildman–Crippen MR) is 91.9 cm³/mol. The van der Waals surface area contributed by atoms with Crippen LogP contribution in [0.3, 0.4) is 0 Å². The summed E-state index contributed by atoms with van der Waals surface area (Å²) in [7, 11) is 0. The Labute approximate surface area is 139 Å². The monoisotopic (exact) mass is 335 g/mol. The minimum absolute atomic E-state index is 0.187. The molecule has 1 amide bonds. The van der Waals surface area contributed by atoms with Crippen LogP contribution in [0.4, 0.5) is 11.4 Å².